The van der Waals surface area contributed by atoms with Crippen LogP contribution >= 0.6 is 0 Å². The van der Waals surface area contributed by atoms with Crippen LogP contribution in [-0.4, -0.2) is 0 Å². The van der Waals surface area contributed by atoms with Crippen molar-refractivity contribution >= 4 is 6.08 Å². The van der Waals surface area contributed by atoms with Crippen molar-refractivity contribution < 1.29 is 0 Å². The lowest BCUT2D eigenvalue weighted by molar-refractivity contribution is 1.48. The Hall–Kier alpha value is -2.07. The van der Waals surface area contributed by atoms with E-state index < -0.39 is 0 Å². The lowest BCUT2D eigenvalue weighted by Crippen LogP contribution is -1.74. The van der Waals surface area contributed by atoms with Gasteiger partial charge in [-0.25, -0.2) is 0 Å². The SMILES string of the molecule is C=C/C(C)=C\C=C\c1ccc(C#N)cc1.CC. The summed E-state index contributed by atoms with van der Waals surface area (Å²) >= 11 is 0. The van der Waals surface area contributed by atoms with Gasteiger partial charge in [0.25, 0.3) is 0 Å². The van der Waals surface area contributed by atoms with Crippen LogP contribution in [0.25, 0.3) is 6.08 Å². The van der Waals surface area contributed by atoms with Crippen LogP contribution in [0, 0.1) is 11.3 Å². The zero-order valence-electron chi connectivity index (χ0n) is 10.8. The Kier molecular flexibility index (Phi) is 8.06. The molecule has 17 heavy (non-hydrogen) atoms. The Morgan fingerprint density at radius 2 is 1.82 bits per heavy atom. The summed E-state index contributed by atoms with van der Waals surface area (Å²) in [4.78, 5) is 0. The van der Waals surface area contributed by atoms with Gasteiger partial charge in [-0.3, -0.25) is 0 Å². The Morgan fingerprint density at radius 1 is 1.24 bits per heavy atom. The molecule has 0 bridgehead atoms. The molecule has 88 valence electrons. The molecule has 1 heteroatoms. The molecular weight excluding hydrogens is 206 g/mol. The summed E-state index contributed by atoms with van der Waals surface area (Å²) in [6.07, 6.45) is 7.76. The molecule has 0 aromatic heterocycles. The van der Waals surface area contributed by atoms with Gasteiger partial charge in [0.05, 0.1) is 11.6 Å². The lowest BCUT2D eigenvalue weighted by Gasteiger charge is -1.92. The predicted octanol–water partition coefficient (Wildman–Crippen LogP) is 4.73. The molecular formula is C16H19N. The van der Waals surface area contributed by atoms with Crippen LogP contribution in [0.2, 0.25) is 0 Å². The molecule has 0 saturated heterocycles. The van der Waals surface area contributed by atoms with Gasteiger partial charge >= 0.3 is 0 Å². The number of benzene rings is 1. The number of hydrogen-bond donors (Lipinski definition) is 0. The minimum absolute atomic E-state index is 0.685. The second-order valence-electron chi connectivity index (χ2n) is 3.21. The molecule has 0 radical (unpaired) electrons. The largest absolute Gasteiger partial charge is 0.192 e. The average Bonchev–Trinajstić information content (AvgIpc) is 2.41. The van der Waals surface area contributed by atoms with Crippen molar-refractivity contribution in [1.29, 1.82) is 5.26 Å². The van der Waals surface area contributed by atoms with Crippen LogP contribution in [0.15, 0.2) is 54.6 Å². The van der Waals surface area contributed by atoms with Crippen LogP contribution in [0.5, 0.6) is 0 Å². The minimum atomic E-state index is 0.685. The molecule has 0 N–H and O–H groups in total. The fourth-order valence-corrected chi connectivity index (χ4v) is 1.05. The van der Waals surface area contributed by atoms with Gasteiger partial charge in [-0.1, -0.05) is 62.4 Å². The molecule has 0 spiro atoms. The highest BCUT2D eigenvalue weighted by Crippen LogP contribution is 2.05. The van der Waals surface area contributed by atoms with Crippen molar-refractivity contribution in [2.75, 3.05) is 0 Å². The maximum atomic E-state index is 8.62. The molecule has 0 aliphatic heterocycles. The molecule has 0 aliphatic carbocycles. The van der Waals surface area contributed by atoms with Crippen LogP contribution < -0.4 is 0 Å². The van der Waals surface area contributed by atoms with E-state index in [4.69, 9.17) is 5.26 Å². The first-order valence-corrected chi connectivity index (χ1v) is 5.74. The third-order valence-corrected chi connectivity index (χ3v) is 2.01. The highest BCUT2D eigenvalue weighted by atomic mass is 14.2. The van der Waals surface area contributed by atoms with E-state index in [0.717, 1.165) is 11.1 Å². The van der Waals surface area contributed by atoms with Gasteiger partial charge in [0, 0.05) is 0 Å². The van der Waals surface area contributed by atoms with E-state index in [1.54, 1.807) is 0 Å². The van der Waals surface area contributed by atoms with E-state index >= 15 is 0 Å². The third kappa shape index (κ3) is 6.17. The van der Waals surface area contributed by atoms with Gasteiger partial charge in [-0.05, 0) is 24.6 Å². The molecule has 0 fully saturated rings. The van der Waals surface area contributed by atoms with Gasteiger partial charge in [0.15, 0.2) is 0 Å². The Bertz CT molecular complexity index is 428. The standard InChI is InChI=1S/C14H13N.C2H6/c1-3-12(2)5-4-6-13-7-9-14(11-15)10-8-13;1-2/h3-10H,1H2,2H3;1-2H3/b6-4+,12-5-;. The average molecular weight is 225 g/mol. The topological polar surface area (TPSA) is 23.8 Å². The zero-order chi connectivity index (χ0) is 13.1. The number of hydrogen-bond acceptors (Lipinski definition) is 1. The van der Waals surface area contributed by atoms with Crippen LogP contribution in [0.1, 0.15) is 31.9 Å². The fraction of sp³-hybridized carbons (Fsp3) is 0.188. The summed E-state index contributed by atoms with van der Waals surface area (Å²) in [5.74, 6) is 0. The van der Waals surface area contributed by atoms with E-state index in [-0.39, 0.29) is 0 Å². The van der Waals surface area contributed by atoms with Crippen molar-refractivity contribution in [2.24, 2.45) is 0 Å². The maximum Gasteiger partial charge on any atom is 0.0991 e. The predicted molar refractivity (Wildman–Crippen MR) is 75.5 cm³/mol. The van der Waals surface area contributed by atoms with Crippen molar-refractivity contribution in [3.63, 3.8) is 0 Å². The van der Waals surface area contributed by atoms with Crippen LogP contribution in [0.3, 0.4) is 0 Å². The second kappa shape index (κ2) is 9.18. The van der Waals surface area contributed by atoms with Gasteiger partial charge in [-0.2, -0.15) is 5.26 Å². The first-order valence-electron chi connectivity index (χ1n) is 5.74. The summed E-state index contributed by atoms with van der Waals surface area (Å²) in [6.45, 7) is 9.67. The van der Waals surface area contributed by atoms with Crippen molar-refractivity contribution in [1.82, 2.24) is 0 Å². The van der Waals surface area contributed by atoms with E-state index in [2.05, 4.69) is 12.6 Å². The molecule has 0 atom stereocenters. The van der Waals surface area contributed by atoms with Crippen LogP contribution in [-0.2, 0) is 0 Å². The molecule has 1 rings (SSSR count). The van der Waals surface area contributed by atoms with Crippen LogP contribution in [0.4, 0.5) is 0 Å². The first kappa shape index (κ1) is 14.9. The highest BCUT2D eigenvalue weighted by Gasteiger charge is 1.88. The summed E-state index contributed by atoms with van der Waals surface area (Å²) in [5, 5.41) is 8.62. The molecule has 0 unspecified atom stereocenters. The number of rotatable bonds is 3. The summed E-state index contributed by atoms with van der Waals surface area (Å²) in [6, 6.07) is 9.55. The molecule has 1 aromatic carbocycles. The molecule has 0 amide bonds. The minimum Gasteiger partial charge on any atom is -0.192 e. The Balaban J connectivity index is 0.00000121. The Morgan fingerprint density at radius 3 is 2.29 bits per heavy atom. The fourth-order valence-electron chi connectivity index (χ4n) is 1.05. The van der Waals surface area contributed by atoms with E-state index in [1.165, 1.54) is 0 Å². The van der Waals surface area contributed by atoms with Gasteiger partial charge < -0.3 is 0 Å². The van der Waals surface area contributed by atoms with Gasteiger partial charge in [-0.15, -0.1) is 0 Å². The normalized spacial score (nSPS) is 10.4. The number of nitriles is 1. The highest BCUT2D eigenvalue weighted by molar-refractivity contribution is 5.53. The van der Waals surface area contributed by atoms with Crippen molar-refractivity contribution in [3.05, 3.63) is 65.8 Å². The Labute approximate surface area is 104 Å². The monoisotopic (exact) mass is 225 g/mol. The zero-order valence-corrected chi connectivity index (χ0v) is 10.8. The lowest BCUT2D eigenvalue weighted by atomic mass is 10.1. The first-order chi connectivity index (χ1) is 8.26. The van der Waals surface area contributed by atoms with Gasteiger partial charge in [0.1, 0.15) is 0 Å². The molecule has 0 aliphatic rings. The molecule has 1 aromatic rings. The quantitative estimate of drug-likeness (QED) is 0.682. The summed E-state index contributed by atoms with van der Waals surface area (Å²) in [7, 11) is 0. The molecule has 0 heterocycles. The van der Waals surface area contributed by atoms with E-state index in [1.807, 2.05) is 69.3 Å². The van der Waals surface area contributed by atoms with Crippen molar-refractivity contribution in [2.45, 2.75) is 20.8 Å². The molecule has 1 nitrogen and oxygen atoms in total. The van der Waals surface area contributed by atoms with E-state index in [0.29, 0.717) is 5.56 Å². The van der Waals surface area contributed by atoms with Gasteiger partial charge in [0.2, 0.25) is 0 Å². The maximum absolute atomic E-state index is 8.62. The molecule has 0 saturated carbocycles. The summed E-state index contributed by atoms with van der Waals surface area (Å²) in [5.41, 5.74) is 2.90. The summed E-state index contributed by atoms with van der Waals surface area (Å²) < 4.78 is 0. The van der Waals surface area contributed by atoms with E-state index in [9.17, 15) is 0 Å². The smallest absolute Gasteiger partial charge is 0.0991 e. The number of allylic oxidation sites excluding steroid dienone is 4. The number of nitrogens with zero attached hydrogens (tertiary/aromatic N) is 1. The second-order valence-corrected chi connectivity index (χ2v) is 3.21. The van der Waals surface area contributed by atoms with Crippen molar-refractivity contribution in [3.8, 4) is 6.07 Å². The third-order valence-electron chi connectivity index (χ3n) is 2.01.